The number of benzene rings is 1. The smallest absolute Gasteiger partial charge is 0.204 e. The Balaban J connectivity index is 0.000000323. The van der Waals surface area contributed by atoms with Crippen molar-refractivity contribution in [3.05, 3.63) is 66.0 Å². The zero-order valence-corrected chi connectivity index (χ0v) is 20.1. The first kappa shape index (κ1) is 27.6. The average molecular weight is 445 g/mol. The molecule has 1 aromatic rings. The second kappa shape index (κ2) is 15.4. The zero-order valence-electron chi connectivity index (χ0n) is 20.1. The van der Waals surface area contributed by atoms with Gasteiger partial charge >= 0.3 is 0 Å². The first-order valence-corrected chi connectivity index (χ1v) is 11.8. The van der Waals surface area contributed by atoms with Crippen molar-refractivity contribution in [3.63, 3.8) is 0 Å². The Bertz CT molecular complexity index is 729. The number of hydrogen-bond acceptors (Lipinski definition) is 3. The number of hydrogen-bond donors (Lipinski definition) is 1. The standard InChI is InChI=1S/C17H19FO.C7H13N.C2H6.CH3NO/c1-4-12-7-6-8-15(14(12)5-2)13-9-10-17(19-3)16(18)11-13;1-4-8-5-2-7(1)3-6-8;1-2;2-1-3/h4-5,9-11,15H,1-2,6-8H2,3H3;7H,1-6H2;1-2H3;1H,(H2,2,3). The number of methoxy groups -OCH3 is 1. The summed E-state index contributed by atoms with van der Waals surface area (Å²) in [5.74, 6) is 1.29. The van der Waals surface area contributed by atoms with E-state index in [1.54, 1.807) is 12.1 Å². The lowest BCUT2D eigenvalue weighted by Crippen LogP contribution is -2.41. The van der Waals surface area contributed by atoms with Gasteiger partial charge < -0.3 is 15.4 Å². The van der Waals surface area contributed by atoms with E-state index in [0.29, 0.717) is 0 Å². The Morgan fingerprint density at radius 2 is 1.69 bits per heavy atom. The van der Waals surface area contributed by atoms with E-state index >= 15 is 0 Å². The predicted molar refractivity (Wildman–Crippen MR) is 132 cm³/mol. The number of carbonyl (C=O) groups is 1. The molecule has 1 aliphatic carbocycles. The highest BCUT2D eigenvalue weighted by Crippen LogP contribution is 2.39. The van der Waals surface area contributed by atoms with Crippen LogP contribution in [0.5, 0.6) is 5.75 Å². The molecule has 0 saturated carbocycles. The highest BCUT2D eigenvalue weighted by molar-refractivity contribution is 5.44. The molecule has 3 fully saturated rings. The lowest BCUT2D eigenvalue weighted by Gasteiger charge is -2.38. The van der Waals surface area contributed by atoms with Gasteiger partial charge in [0.15, 0.2) is 11.6 Å². The number of ether oxygens (including phenoxy) is 1. The summed E-state index contributed by atoms with van der Waals surface area (Å²) in [5, 5.41) is 0. The molecule has 32 heavy (non-hydrogen) atoms. The molecule has 5 rings (SSSR count). The summed E-state index contributed by atoms with van der Waals surface area (Å²) in [6, 6.07) is 5.19. The molecule has 1 atom stereocenters. The molecule has 4 nitrogen and oxygen atoms in total. The molecule has 4 aliphatic rings. The molecule has 0 radical (unpaired) electrons. The van der Waals surface area contributed by atoms with Gasteiger partial charge in [0.25, 0.3) is 0 Å². The Hall–Kier alpha value is -2.40. The highest BCUT2D eigenvalue weighted by Gasteiger charge is 2.24. The number of rotatable bonds is 4. The zero-order chi connectivity index (χ0) is 23.9. The summed E-state index contributed by atoms with van der Waals surface area (Å²) in [7, 11) is 1.48. The maximum atomic E-state index is 13.8. The minimum atomic E-state index is -0.311. The lowest BCUT2D eigenvalue weighted by atomic mass is 9.78. The molecule has 0 aromatic heterocycles. The molecule has 2 N–H and O–H groups in total. The van der Waals surface area contributed by atoms with Crippen LogP contribution in [-0.2, 0) is 4.79 Å². The number of nitrogens with zero attached hydrogens (tertiary/aromatic N) is 1. The van der Waals surface area contributed by atoms with Crippen molar-refractivity contribution in [2.24, 2.45) is 11.7 Å². The first-order chi connectivity index (χ1) is 15.6. The Kier molecular flexibility index (Phi) is 13.3. The number of primary amides is 1. The maximum absolute atomic E-state index is 13.8. The Morgan fingerprint density at radius 3 is 2.06 bits per heavy atom. The van der Waals surface area contributed by atoms with E-state index in [1.807, 2.05) is 32.1 Å². The third kappa shape index (κ3) is 7.94. The molecule has 178 valence electrons. The SMILES string of the molecule is C1CN2CCC1CC2.C=CC1=C(C=C)C(c2ccc(OC)c(F)c2)CCC1.CC.NC=O. The molecule has 2 bridgehead atoms. The van der Waals surface area contributed by atoms with Crippen molar-refractivity contribution in [1.29, 1.82) is 0 Å². The summed E-state index contributed by atoms with van der Waals surface area (Å²) in [4.78, 5) is 11.2. The topological polar surface area (TPSA) is 55.6 Å². The summed E-state index contributed by atoms with van der Waals surface area (Å²) < 4.78 is 18.8. The maximum Gasteiger partial charge on any atom is 0.204 e. The van der Waals surface area contributed by atoms with Gasteiger partial charge in [0.2, 0.25) is 6.41 Å². The third-order valence-electron chi connectivity index (χ3n) is 6.29. The second-order valence-corrected chi connectivity index (χ2v) is 7.94. The van der Waals surface area contributed by atoms with Gasteiger partial charge in [0, 0.05) is 5.92 Å². The van der Waals surface area contributed by atoms with Crippen molar-refractivity contribution in [3.8, 4) is 5.75 Å². The summed E-state index contributed by atoms with van der Waals surface area (Å²) in [6.07, 6.45) is 11.6. The van der Waals surface area contributed by atoms with E-state index in [4.69, 9.17) is 9.53 Å². The second-order valence-electron chi connectivity index (χ2n) is 7.94. The van der Waals surface area contributed by atoms with Gasteiger partial charge in [-0.1, -0.05) is 45.2 Å². The van der Waals surface area contributed by atoms with Crippen LogP contribution in [0.3, 0.4) is 0 Å². The summed E-state index contributed by atoms with van der Waals surface area (Å²) in [6.45, 7) is 15.9. The predicted octanol–water partition coefficient (Wildman–Crippen LogP) is 6.00. The molecule has 1 aromatic carbocycles. The van der Waals surface area contributed by atoms with Crippen LogP contribution < -0.4 is 10.5 Å². The van der Waals surface area contributed by atoms with Crippen molar-refractivity contribution >= 4 is 6.41 Å². The summed E-state index contributed by atoms with van der Waals surface area (Å²) in [5.41, 5.74) is 7.54. The van der Waals surface area contributed by atoms with Crippen molar-refractivity contribution in [2.45, 2.75) is 58.3 Å². The van der Waals surface area contributed by atoms with Crippen LogP contribution in [0.25, 0.3) is 0 Å². The lowest BCUT2D eigenvalue weighted by molar-refractivity contribution is -0.106. The average Bonchev–Trinajstić information content (AvgIpc) is 2.86. The van der Waals surface area contributed by atoms with Gasteiger partial charge in [-0.2, -0.15) is 0 Å². The first-order valence-electron chi connectivity index (χ1n) is 11.8. The molecule has 0 spiro atoms. The third-order valence-corrected chi connectivity index (χ3v) is 6.29. The Labute approximate surface area is 194 Å². The van der Waals surface area contributed by atoms with Gasteiger partial charge in [-0.05, 0) is 92.9 Å². The van der Waals surface area contributed by atoms with Gasteiger partial charge in [-0.15, -0.1) is 0 Å². The van der Waals surface area contributed by atoms with Crippen molar-refractivity contribution < 1.29 is 13.9 Å². The fourth-order valence-corrected chi connectivity index (χ4v) is 4.62. The molecular formula is C27H41FN2O2. The van der Waals surface area contributed by atoms with Crippen LogP contribution in [0.4, 0.5) is 4.39 Å². The molecule has 1 unspecified atom stereocenters. The van der Waals surface area contributed by atoms with E-state index in [0.717, 1.165) is 30.7 Å². The minimum absolute atomic E-state index is 0.208. The van der Waals surface area contributed by atoms with Gasteiger partial charge in [0.1, 0.15) is 0 Å². The van der Waals surface area contributed by atoms with E-state index in [-0.39, 0.29) is 23.9 Å². The minimum Gasteiger partial charge on any atom is -0.494 e. The van der Waals surface area contributed by atoms with Crippen LogP contribution in [0.15, 0.2) is 54.7 Å². The molecular weight excluding hydrogens is 403 g/mol. The largest absolute Gasteiger partial charge is 0.494 e. The normalized spacial score (nSPS) is 23.2. The molecule has 5 heteroatoms. The molecule has 3 heterocycles. The number of piperidine rings is 3. The number of fused-ring (bicyclic) bond motifs is 3. The number of carbonyl (C=O) groups excluding carboxylic acids is 1. The fraction of sp³-hybridized carbons (Fsp3) is 0.519. The number of nitrogens with two attached hydrogens (primary N) is 1. The van der Waals surface area contributed by atoms with Crippen molar-refractivity contribution in [2.75, 3.05) is 26.7 Å². The molecule has 1 amide bonds. The molecule has 3 aliphatic heterocycles. The van der Waals surface area contributed by atoms with Crippen LogP contribution in [0, 0.1) is 11.7 Å². The monoisotopic (exact) mass is 444 g/mol. The van der Waals surface area contributed by atoms with E-state index in [2.05, 4.69) is 23.8 Å². The molecule has 3 saturated heterocycles. The van der Waals surface area contributed by atoms with Crippen molar-refractivity contribution in [1.82, 2.24) is 4.90 Å². The van der Waals surface area contributed by atoms with Gasteiger partial charge in [-0.3, -0.25) is 4.79 Å². The number of halogens is 1. The number of amides is 1. The van der Waals surface area contributed by atoms with Crippen LogP contribution in [-0.4, -0.2) is 38.1 Å². The van der Waals surface area contributed by atoms with Gasteiger partial charge in [-0.25, -0.2) is 4.39 Å². The highest BCUT2D eigenvalue weighted by atomic mass is 19.1. The van der Waals surface area contributed by atoms with Crippen LogP contribution in [0.1, 0.15) is 63.9 Å². The van der Waals surface area contributed by atoms with Crippen LogP contribution in [0.2, 0.25) is 0 Å². The fourth-order valence-electron chi connectivity index (χ4n) is 4.62. The number of allylic oxidation sites excluding steroid dienone is 4. The van der Waals surface area contributed by atoms with E-state index in [9.17, 15) is 4.39 Å². The van der Waals surface area contributed by atoms with E-state index < -0.39 is 0 Å². The van der Waals surface area contributed by atoms with E-state index in [1.165, 1.54) is 57.2 Å². The van der Waals surface area contributed by atoms with Crippen LogP contribution >= 0.6 is 0 Å². The Morgan fingerprint density at radius 1 is 1.09 bits per heavy atom. The quantitative estimate of drug-likeness (QED) is 0.580. The summed E-state index contributed by atoms with van der Waals surface area (Å²) >= 11 is 0. The van der Waals surface area contributed by atoms with Gasteiger partial charge in [0.05, 0.1) is 7.11 Å².